The number of ether oxygens (including phenoxy) is 2. The average Bonchev–Trinajstić information content (AvgIpc) is 2.49. The van der Waals surface area contributed by atoms with Gasteiger partial charge in [-0.3, -0.25) is 4.79 Å². The van der Waals surface area contributed by atoms with Gasteiger partial charge in [-0.1, -0.05) is 6.07 Å². The minimum absolute atomic E-state index is 0.0813. The molecular weight excluding hydrogens is 327 g/mol. The number of nitrogens with one attached hydrogen (secondary N) is 1. The summed E-state index contributed by atoms with van der Waals surface area (Å²) in [6, 6.07) is 4.61. The molecule has 1 aromatic carbocycles. The van der Waals surface area contributed by atoms with Crippen molar-refractivity contribution in [3.63, 3.8) is 0 Å². The highest BCUT2D eigenvalue weighted by atomic mass is 19.1. The zero-order chi connectivity index (χ0) is 19.0. The Morgan fingerprint density at radius 2 is 1.96 bits per heavy atom. The van der Waals surface area contributed by atoms with Crippen LogP contribution in [-0.4, -0.2) is 43.2 Å². The fourth-order valence-corrected chi connectivity index (χ4v) is 2.11. The molecule has 0 aliphatic rings. The van der Waals surface area contributed by atoms with Crippen LogP contribution in [0.25, 0.3) is 0 Å². The zero-order valence-corrected chi connectivity index (χ0v) is 15.5. The molecule has 0 fully saturated rings. The van der Waals surface area contributed by atoms with E-state index in [9.17, 15) is 14.0 Å². The van der Waals surface area contributed by atoms with Crippen LogP contribution in [0.4, 0.5) is 9.18 Å². The summed E-state index contributed by atoms with van der Waals surface area (Å²) in [5, 5.41) is 2.61. The lowest BCUT2D eigenvalue weighted by molar-refractivity contribution is -0.130. The number of carbonyl (C=O) groups is 2. The van der Waals surface area contributed by atoms with Crippen molar-refractivity contribution in [1.29, 1.82) is 0 Å². The first-order valence-electron chi connectivity index (χ1n) is 8.15. The maximum Gasteiger partial charge on any atom is 0.407 e. The molecule has 6 nitrogen and oxygen atoms in total. The molecule has 0 saturated heterocycles. The lowest BCUT2D eigenvalue weighted by atomic mass is 10.2. The topological polar surface area (TPSA) is 67.9 Å². The Kier molecular flexibility index (Phi) is 7.67. The standard InChI is InChI=1S/C18H27FN2O4/c1-18(2,3)25-17(23)20-10-6-7-16(22)21(4)12-13-8-9-15(24-5)14(19)11-13/h8-9,11H,6-7,10,12H2,1-5H3,(H,20,23). The number of carbonyl (C=O) groups excluding carboxylic acids is 2. The van der Waals surface area contributed by atoms with Crippen LogP contribution in [0.3, 0.4) is 0 Å². The van der Waals surface area contributed by atoms with Crippen LogP contribution >= 0.6 is 0 Å². The van der Waals surface area contributed by atoms with E-state index in [0.29, 0.717) is 25.1 Å². The van der Waals surface area contributed by atoms with Crippen molar-refractivity contribution < 1.29 is 23.5 Å². The second kappa shape index (κ2) is 9.25. The van der Waals surface area contributed by atoms with E-state index in [2.05, 4.69) is 5.32 Å². The molecule has 0 spiro atoms. The second-order valence-corrected chi connectivity index (χ2v) is 6.75. The van der Waals surface area contributed by atoms with Gasteiger partial charge in [-0.15, -0.1) is 0 Å². The van der Waals surface area contributed by atoms with E-state index in [0.717, 1.165) is 0 Å². The van der Waals surface area contributed by atoms with Gasteiger partial charge in [0.25, 0.3) is 0 Å². The number of alkyl carbamates (subject to hydrolysis) is 1. The van der Waals surface area contributed by atoms with Gasteiger partial charge in [-0.05, 0) is 44.9 Å². The van der Waals surface area contributed by atoms with Crippen molar-refractivity contribution in [2.45, 2.75) is 45.8 Å². The van der Waals surface area contributed by atoms with Crippen molar-refractivity contribution in [2.75, 3.05) is 20.7 Å². The van der Waals surface area contributed by atoms with E-state index < -0.39 is 17.5 Å². The number of nitrogens with zero attached hydrogens (tertiary/aromatic N) is 1. The molecule has 0 atom stereocenters. The number of hydrogen-bond donors (Lipinski definition) is 1. The van der Waals surface area contributed by atoms with E-state index in [-0.39, 0.29) is 18.1 Å². The smallest absolute Gasteiger partial charge is 0.407 e. The second-order valence-electron chi connectivity index (χ2n) is 6.75. The highest BCUT2D eigenvalue weighted by Crippen LogP contribution is 2.18. The average molecular weight is 354 g/mol. The molecule has 0 saturated carbocycles. The molecule has 7 heteroatoms. The normalized spacial score (nSPS) is 11.0. The summed E-state index contributed by atoms with van der Waals surface area (Å²) in [6.45, 7) is 6.01. The van der Waals surface area contributed by atoms with Gasteiger partial charge in [0, 0.05) is 26.6 Å². The van der Waals surface area contributed by atoms with Gasteiger partial charge in [-0.25, -0.2) is 9.18 Å². The molecule has 0 unspecified atom stereocenters. The van der Waals surface area contributed by atoms with Gasteiger partial charge >= 0.3 is 6.09 Å². The van der Waals surface area contributed by atoms with Crippen LogP contribution in [0.2, 0.25) is 0 Å². The molecule has 0 radical (unpaired) electrons. The molecule has 0 aliphatic heterocycles. The summed E-state index contributed by atoms with van der Waals surface area (Å²) in [7, 11) is 3.06. The maximum atomic E-state index is 13.7. The Balaban J connectivity index is 2.35. The predicted molar refractivity (Wildman–Crippen MR) is 92.9 cm³/mol. The molecule has 2 amide bonds. The van der Waals surface area contributed by atoms with E-state index in [1.165, 1.54) is 24.1 Å². The maximum absolute atomic E-state index is 13.7. The fourth-order valence-electron chi connectivity index (χ4n) is 2.11. The predicted octanol–water partition coefficient (Wildman–Crippen LogP) is 3.10. The number of methoxy groups -OCH3 is 1. The van der Waals surface area contributed by atoms with E-state index in [1.807, 2.05) is 0 Å². The molecule has 140 valence electrons. The highest BCUT2D eigenvalue weighted by Gasteiger charge is 2.16. The van der Waals surface area contributed by atoms with Gasteiger partial charge in [0.05, 0.1) is 7.11 Å². The third kappa shape index (κ3) is 7.87. The van der Waals surface area contributed by atoms with Gasteiger partial charge in [0.15, 0.2) is 11.6 Å². The van der Waals surface area contributed by atoms with Gasteiger partial charge < -0.3 is 19.7 Å². The van der Waals surface area contributed by atoms with Crippen LogP contribution in [0, 0.1) is 5.82 Å². The summed E-state index contributed by atoms with van der Waals surface area (Å²) in [5.41, 5.74) is 0.134. The lowest BCUT2D eigenvalue weighted by Crippen LogP contribution is -2.33. The van der Waals surface area contributed by atoms with Crippen LogP contribution in [0.15, 0.2) is 18.2 Å². The molecule has 1 aromatic rings. The lowest BCUT2D eigenvalue weighted by Gasteiger charge is -2.20. The Hall–Kier alpha value is -2.31. The monoisotopic (exact) mass is 354 g/mol. The number of hydrogen-bond acceptors (Lipinski definition) is 4. The molecule has 0 aromatic heterocycles. The van der Waals surface area contributed by atoms with Crippen LogP contribution in [-0.2, 0) is 16.1 Å². The third-order valence-electron chi connectivity index (χ3n) is 3.30. The van der Waals surface area contributed by atoms with Crippen LogP contribution in [0.1, 0.15) is 39.2 Å². The molecule has 25 heavy (non-hydrogen) atoms. The summed E-state index contributed by atoms with van der Waals surface area (Å²) < 4.78 is 23.6. The van der Waals surface area contributed by atoms with Gasteiger partial charge in [0.1, 0.15) is 5.60 Å². The minimum Gasteiger partial charge on any atom is -0.494 e. The van der Waals surface area contributed by atoms with Crippen molar-refractivity contribution in [3.8, 4) is 5.75 Å². The van der Waals surface area contributed by atoms with E-state index in [4.69, 9.17) is 9.47 Å². The SMILES string of the molecule is COc1ccc(CN(C)C(=O)CCCNC(=O)OC(C)(C)C)cc1F. The quantitative estimate of drug-likeness (QED) is 0.764. The van der Waals surface area contributed by atoms with E-state index >= 15 is 0 Å². The van der Waals surface area contributed by atoms with E-state index in [1.54, 1.807) is 33.9 Å². The molecule has 1 rings (SSSR count). The van der Waals surface area contributed by atoms with Gasteiger partial charge in [0.2, 0.25) is 5.91 Å². The molecule has 0 aliphatic carbocycles. The Morgan fingerprint density at radius 1 is 1.28 bits per heavy atom. The first-order valence-corrected chi connectivity index (χ1v) is 8.15. The molecule has 0 bridgehead atoms. The third-order valence-corrected chi connectivity index (χ3v) is 3.30. The van der Waals surface area contributed by atoms with Gasteiger partial charge in [-0.2, -0.15) is 0 Å². The summed E-state index contributed by atoms with van der Waals surface area (Å²) in [5.74, 6) is -0.365. The minimum atomic E-state index is -0.548. The first kappa shape index (κ1) is 20.7. The van der Waals surface area contributed by atoms with Crippen molar-refractivity contribution in [1.82, 2.24) is 10.2 Å². The molecular formula is C18H27FN2O4. The first-order chi connectivity index (χ1) is 11.6. The molecule has 0 heterocycles. The highest BCUT2D eigenvalue weighted by molar-refractivity contribution is 5.76. The number of rotatable bonds is 7. The fraction of sp³-hybridized carbons (Fsp3) is 0.556. The largest absolute Gasteiger partial charge is 0.494 e. The van der Waals surface area contributed by atoms with Crippen molar-refractivity contribution >= 4 is 12.0 Å². The summed E-state index contributed by atoms with van der Waals surface area (Å²) >= 11 is 0. The summed E-state index contributed by atoms with van der Waals surface area (Å²) in [6.07, 6.45) is 0.284. The summed E-state index contributed by atoms with van der Waals surface area (Å²) in [4.78, 5) is 25.1. The number of benzene rings is 1. The van der Waals surface area contributed by atoms with Crippen molar-refractivity contribution in [3.05, 3.63) is 29.6 Å². The van der Waals surface area contributed by atoms with Crippen LogP contribution < -0.4 is 10.1 Å². The van der Waals surface area contributed by atoms with Crippen molar-refractivity contribution in [2.24, 2.45) is 0 Å². The zero-order valence-electron chi connectivity index (χ0n) is 15.5. The Bertz CT molecular complexity index is 599. The Labute approximate surface area is 148 Å². The number of amides is 2. The molecule has 1 N–H and O–H groups in total. The number of halogens is 1. The Morgan fingerprint density at radius 3 is 2.52 bits per heavy atom. The van der Waals surface area contributed by atoms with Crippen LogP contribution in [0.5, 0.6) is 5.75 Å².